The number of hydrogen-bond acceptors (Lipinski definition) is 11. The summed E-state index contributed by atoms with van der Waals surface area (Å²) < 4.78 is -0.786. The highest BCUT2D eigenvalue weighted by molar-refractivity contribution is 8.01. The van der Waals surface area contributed by atoms with Crippen molar-refractivity contribution in [2.24, 2.45) is 0 Å². The Balaban J connectivity index is 1.40. The number of carboxylic acids is 1. The van der Waals surface area contributed by atoms with E-state index in [1.165, 1.54) is 53.5 Å². The largest absolute Gasteiger partial charge is 0.508 e. The van der Waals surface area contributed by atoms with Crippen molar-refractivity contribution in [1.29, 1.82) is 0 Å². The number of benzene rings is 1. The predicted octanol–water partition coefficient (Wildman–Crippen LogP) is -0.0662. The molecule has 0 bridgehead atoms. The van der Waals surface area contributed by atoms with Gasteiger partial charge in [0.15, 0.2) is 11.3 Å². The molecule has 5 rings (SSSR count). The minimum atomic E-state index is -1.37. The first kappa shape index (κ1) is 25.1. The van der Waals surface area contributed by atoms with Crippen LogP contribution in [0.1, 0.15) is 35.9 Å². The Labute approximate surface area is 218 Å². The highest BCUT2D eigenvalue weighted by Crippen LogP contribution is 2.50. The zero-order chi connectivity index (χ0) is 27.4. The second-order valence-electron chi connectivity index (χ2n) is 9.21. The van der Waals surface area contributed by atoms with Crippen molar-refractivity contribution in [3.63, 3.8) is 0 Å². The molecule has 196 valence electrons. The van der Waals surface area contributed by atoms with Gasteiger partial charge in [0.25, 0.3) is 5.91 Å². The van der Waals surface area contributed by atoms with Crippen molar-refractivity contribution in [2.75, 3.05) is 0 Å². The van der Waals surface area contributed by atoms with Crippen LogP contribution in [0.5, 0.6) is 11.6 Å². The van der Waals surface area contributed by atoms with Gasteiger partial charge >= 0.3 is 5.97 Å². The fraction of sp³-hybridized carbons (Fsp3) is 0.304. The first-order valence-corrected chi connectivity index (χ1v) is 12.2. The van der Waals surface area contributed by atoms with E-state index in [0.717, 1.165) is 0 Å². The summed E-state index contributed by atoms with van der Waals surface area (Å²) in [6, 6.07) is 2.00. The van der Waals surface area contributed by atoms with E-state index in [-0.39, 0.29) is 22.5 Å². The average Bonchev–Trinajstić information content (AvgIpc) is 3.13. The maximum Gasteiger partial charge on any atom is 0.327 e. The van der Waals surface area contributed by atoms with E-state index >= 15 is 0 Å². The van der Waals surface area contributed by atoms with Gasteiger partial charge in [-0.05, 0) is 31.5 Å². The number of carboxylic acid groups (broad SMARTS) is 1. The molecule has 2 saturated heterocycles. The number of aromatic nitrogens is 4. The highest BCUT2D eigenvalue weighted by Gasteiger charge is 2.64. The first-order valence-electron chi connectivity index (χ1n) is 11.3. The number of amides is 3. The normalized spacial score (nSPS) is 22.3. The Morgan fingerprint density at radius 1 is 1.13 bits per heavy atom. The van der Waals surface area contributed by atoms with Crippen molar-refractivity contribution in [3.8, 4) is 11.6 Å². The van der Waals surface area contributed by atoms with E-state index in [4.69, 9.17) is 0 Å². The number of aromatic hydroxyl groups is 2. The topological polar surface area (TPSA) is 208 Å². The van der Waals surface area contributed by atoms with Gasteiger partial charge < -0.3 is 30.9 Å². The van der Waals surface area contributed by atoms with Gasteiger partial charge in [-0.2, -0.15) is 4.98 Å². The summed E-state index contributed by atoms with van der Waals surface area (Å²) in [5.74, 6) is -4.20. The molecule has 2 aliphatic heterocycles. The summed E-state index contributed by atoms with van der Waals surface area (Å²) in [6.45, 7) is 3.42. The lowest BCUT2D eigenvalue weighted by Crippen LogP contribution is -2.71. The summed E-state index contributed by atoms with van der Waals surface area (Å²) >= 11 is 1.26. The van der Waals surface area contributed by atoms with Crippen LogP contribution in [0.3, 0.4) is 0 Å². The summed E-state index contributed by atoms with van der Waals surface area (Å²) in [5, 5.41) is 34.0. The number of fused-ring (bicyclic) bond motifs is 2. The van der Waals surface area contributed by atoms with Crippen molar-refractivity contribution in [3.05, 3.63) is 48.0 Å². The molecule has 3 aromatic rings. The molecule has 1 unspecified atom stereocenters. The molecule has 0 spiro atoms. The molecule has 5 N–H and O–H groups in total. The third kappa shape index (κ3) is 4.19. The average molecular weight is 540 g/mol. The minimum absolute atomic E-state index is 0.0616. The molecule has 38 heavy (non-hydrogen) atoms. The number of phenols is 1. The van der Waals surface area contributed by atoms with E-state index in [1.807, 2.05) is 0 Å². The number of thioether (sulfide) groups is 1. The minimum Gasteiger partial charge on any atom is -0.508 e. The Morgan fingerprint density at radius 3 is 2.53 bits per heavy atom. The van der Waals surface area contributed by atoms with Crippen molar-refractivity contribution >= 4 is 46.6 Å². The molecule has 4 atom stereocenters. The van der Waals surface area contributed by atoms with Crippen LogP contribution in [0.4, 0.5) is 0 Å². The molecule has 2 fully saturated rings. The first-order chi connectivity index (χ1) is 18.0. The van der Waals surface area contributed by atoms with Gasteiger partial charge in [-0.1, -0.05) is 12.1 Å². The molecule has 3 amide bonds. The molecular weight excluding hydrogens is 518 g/mol. The Bertz CT molecular complexity index is 1480. The van der Waals surface area contributed by atoms with E-state index in [9.17, 15) is 34.5 Å². The van der Waals surface area contributed by atoms with Crippen molar-refractivity contribution in [2.45, 2.75) is 42.1 Å². The molecule has 0 aliphatic carbocycles. The SMILES string of the molecule is CC1(C)S[C@@H]2[C@H](NC(=O)C(NC(=O)c3nc4cncnc4nc3O)c3ccc(O)cc3)C(=O)N2[C@H]1C(=O)O. The molecule has 4 heterocycles. The van der Waals surface area contributed by atoms with Crippen LogP contribution in [-0.4, -0.2) is 86.1 Å². The van der Waals surface area contributed by atoms with Gasteiger partial charge in [-0.15, -0.1) is 11.8 Å². The number of aliphatic carboxylic acids is 1. The van der Waals surface area contributed by atoms with Crippen LogP contribution in [0.25, 0.3) is 11.2 Å². The number of rotatable bonds is 6. The summed E-state index contributed by atoms with van der Waals surface area (Å²) in [4.78, 5) is 67.9. The second-order valence-corrected chi connectivity index (χ2v) is 11.0. The fourth-order valence-electron chi connectivity index (χ4n) is 4.51. The summed E-state index contributed by atoms with van der Waals surface area (Å²) in [5.41, 5.74) is -0.0227. The monoisotopic (exact) mass is 539 g/mol. The Kier molecular flexibility index (Phi) is 6.01. The number of hydrogen-bond donors (Lipinski definition) is 5. The Morgan fingerprint density at radius 2 is 1.84 bits per heavy atom. The third-order valence-corrected chi connectivity index (χ3v) is 7.85. The molecule has 1 aromatic carbocycles. The van der Waals surface area contributed by atoms with E-state index in [0.29, 0.717) is 0 Å². The van der Waals surface area contributed by atoms with E-state index in [2.05, 4.69) is 30.6 Å². The smallest absolute Gasteiger partial charge is 0.327 e. The van der Waals surface area contributed by atoms with Crippen LogP contribution in [-0.2, 0) is 14.4 Å². The zero-order valence-electron chi connectivity index (χ0n) is 19.9. The lowest BCUT2D eigenvalue weighted by molar-refractivity contribution is -0.161. The number of carbonyl (C=O) groups is 4. The molecule has 15 heteroatoms. The van der Waals surface area contributed by atoms with E-state index < -0.39 is 63.5 Å². The summed E-state index contributed by atoms with van der Waals surface area (Å²) in [7, 11) is 0. The van der Waals surface area contributed by atoms with Crippen LogP contribution >= 0.6 is 11.8 Å². The van der Waals surface area contributed by atoms with Gasteiger partial charge in [0.05, 0.1) is 6.20 Å². The highest BCUT2D eigenvalue weighted by atomic mass is 32.2. The standard InChI is InChI=1S/C23H21N7O7S/c1-23(2)15(22(36)37)30-20(35)14(21(30)38-23)28-17(32)12(9-3-5-10(31)6-4-9)27-18(33)13-19(34)29-16-11(26-13)7-24-8-25-16/h3-8,12,14-15,21,31H,1-2H3,(H,27,33)(H,28,32)(H,36,37)(H,24,25,29,34)/t12?,14-,15+,21-/m1/s1. The molecule has 0 saturated carbocycles. The third-order valence-electron chi connectivity index (χ3n) is 6.28. The van der Waals surface area contributed by atoms with Crippen LogP contribution in [0.15, 0.2) is 36.8 Å². The fourth-order valence-corrected chi connectivity index (χ4v) is 6.13. The van der Waals surface area contributed by atoms with Gasteiger partial charge in [-0.25, -0.2) is 19.7 Å². The van der Waals surface area contributed by atoms with Gasteiger partial charge in [0.2, 0.25) is 17.7 Å². The maximum atomic E-state index is 13.4. The molecule has 2 aromatic heterocycles. The lowest BCUT2D eigenvalue weighted by atomic mass is 9.95. The molecule has 2 aliphatic rings. The van der Waals surface area contributed by atoms with Gasteiger partial charge in [-0.3, -0.25) is 14.4 Å². The molecular formula is C23H21N7O7S. The van der Waals surface area contributed by atoms with Crippen molar-refractivity contribution < 1.29 is 34.5 Å². The van der Waals surface area contributed by atoms with E-state index in [1.54, 1.807) is 13.8 Å². The predicted molar refractivity (Wildman–Crippen MR) is 131 cm³/mol. The van der Waals surface area contributed by atoms with Crippen molar-refractivity contribution in [1.82, 2.24) is 35.5 Å². The number of carbonyl (C=O) groups excluding carboxylic acids is 3. The molecule has 14 nitrogen and oxygen atoms in total. The lowest BCUT2D eigenvalue weighted by Gasteiger charge is -2.44. The number of nitrogens with zero attached hydrogens (tertiary/aromatic N) is 5. The van der Waals surface area contributed by atoms with Crippen LogP contribution in [0, 0.1) is 0 Å². The second kappa shape index (κ2) is 9.09. The Hall–Kier alpha value is -4.53. The van der Waals surface area contributed by atoms with Crippen LogP contribution < -0.4 is 10.6 Å². The molecule has 0 radical (unpaired) electrons. The number of β-lactam (4-membered cyclic amide) rings is 1. The van der Waals surface area contributed by atoms with Crippen LogP contribution in [0.2, 0.25) is 0 Å². The van der Waals surface area contributed by atoms with Gasteiger partial charge in [0, 0.05) is 4.75 Å². The quantitative estimate of drug-likeness (QED) is 0.261. The zero-order valence-corrected chi connectivity index (χ0v) is 20.7. The number of nitrogens with one attached hydrogen (secondary N) is 2. The summed E-state index contributed by atoms with van der Waals surface area (Å²) in [6.07, 6.45) is 2.50. The maximum absolute atomic E-state index is 13.4. The van der Waals surface area contributed by atoms with Gasteiger partial charge in [0.1, 0.15) is 41.1 Å². The number of phenolic OH excluding ortho intramolecular Hbond substituents is 1.